The predicted octanol–water partition coefficient (Wildman–Crippen LogP) is 4.66. The molecule has 2 aromatic carbocycles. The zero-order valence-electron chi connectivity index (χ0n) is 15.4. The Bertz CT molecular complexity index is 804. The van der Waals surface area contributed by atoms with Crippen LogP contribution in [0.15, 0.2) is 53.0 Å². The lowest BCUT2D eigenvalue weighted by atomic mass is 10.1. The van der Waals surface area contributed by atoms with Crippen molar-refractivity contribution in [2.75, 3.05) is 5.32 Å². The Morgan fingerprint density at radius 3 is 2.41 bits per heavy atom. The van der Waals surface area contributed by atoms with Gasteiger partial charge in [-0.2, -0.15) is 0 Å². The Hall–Kier alpha value is -2.41. The molecule has 2 aromatic rings. The van der Waals surface area contributed by atoms with Gasteiger partial charge >= 0.3 is 6.09 Å². The standard InChI is InChI=1S/C20H22BrFN2O3/c1-20(2,3)27-19(26)24-17(11-13-7-9-15(22)10-8-13)18(25)23-16-6-4-5-14(21)12-16/h4-10,12,17H,11H2,1-3H3,(H,23,25)(H,24,26)/t17-/m0/s1. The van der Waals surface area contributed by atoms with Gasteiger partial charge in [0.2, 0.25) is 5.91 Å². The second-order valence-electron chi connectivity index (χ2n) is 7.03. The van der Waals surface area contributed by atoms with E-state index in [0.29, 0.717) is 11.3 Å². The molecule has 0 bridgehead atoms. The van der Waals surface area contributed by atoms with Gasteiger partial charge in [-0.3, -0.25) is 4.79 Å². The molecule has 0 saturated heterocycles. The van der Waals surface area contributed by atoms with Crippen LogP contribution in [0.2, 0.25) is 0 Å². The van der Waals surface area contributed by atoms with Gasteiger partial charge in [0.1, 0.15) is 17.5 Å². The van der Waals surface area contributed by atoms with Crippen LogP contribution in [0, 0.1) is 5.82 Å². The number of benzene rings is 2. The van der Waals surface area contributed by atoms with E-state index in [-0.39, 0.29) is 12.2 Å². The molecule has 0 aliphatic rings. The summed E-state index contributed by atoms with van der Waals surface area (Å²) in [5.74, 6) is -0.766. The molecule has 0 unspecified atom stereocenters. The highest BCUT2D eigenvalue weighted by Crippen LogP contribution is 2.17. The number of anilines is 1. The van der Waals surface area contributed by atoms with E-state index in [4.69, 9.17) is 4.74 Å². The number of amides is 2. The van der Waals surface area contributed by atoms with Crippen LogP contribution < -0.4 is 10.6 Å². The number of hydrogen-bond acceptors (Lipinski definition) is 3. The van der Waals surface area contributed by atoms with Crippen molar-refractivity contribution < 1.29 is 18.7 Å². The Balaban J connectivity index is 2.15. The normalized spacial score (nSPS) is 12.2. The first kappa shape index (κ1) is 20.9. The van der Waals surface area contributed by atoms with Crippen molar-refractivity contribution in [3.8, 4) is 0 Å². The van der Waals surface area contributed by atoms with Gasteiger partial charge in [0.05, 0.1) is 0 Å². The third-order valence-electron chi connectivity index (χ3n) is 3.45. The van der Waals surface area contributed by atoms with Crippen molar-refractivity contribution in [2.45, 2.75) is 38.8 Å². The molecule has 27 heavy (non-hydrogen) atoms. The molecule has 2 rings (SSSR count). The van der Waals surface area contributed by atoms with E-state index in [9.17, 15) is 14.0 Å². The minimum atomic E-state index is -0.885. The molecule has 0 radical (unpaired) electrons. The summed E-state index contributed by atoms with van der Waals surface area (Å²) in [4.78, 5) is 24.9. The van der Waals surface area contributed by atoms with Crippen LogP contribution in [-0.2, 0) is 16.0 Å². The van der Waals surface area contributed by atoms with Crippen LogP contribution in [0.25, 0.3) is 0 Å². The number of nitrogens with one attached hydrogen (secondary N) is 2. The average molecular weight is 437 g/mol. The van der Waals surface area contributed by atoms with E-state index in [2.05, 4.69) is 26.6 Å². The van der Waals surface area contributed by atoms with Gasteiger partial charge in [-0.15, -0.1) is 0 Å². The van der Waals surface area contributed by atoms with E-state index < -0.39 is 23.6 Å². The monoisotopic (exact) mass is 436 g/mol. The molecule has 0 spiro atoms. The molecular formula is C20H22BrFN2O3. The summed E-state index contributed by atoms with van der Waals surface area (Å²) in [7, 11) is 0. The molecule has 0 saturated carbocycles. The second-order valence-corrected chi connectivity index (χ2v) is 7.94. The number of carbonyl (C=O) groups excluding carboxylic acids is 2. The molecule has 0 aliphatic heterocycles. The van der Waals surface area contributed by atoms with E-state index in [1.165, 1.54) is 12.1 Å². The average Bonchev–Trinajstić information content (AvgIpc) is 2.54. The Morgan fingerprint density at radius 2 is 1.81 bits per heavy atom. The molecule has 0 aliphatic carbocycles. The zero-order chi connectivity index (χ0) is 20.0. The fraction of sp³-hybridized carbons (Fsp3) is 0.300. The zero-order valence-corrected chi connectivity index (χ0v) is 17.0. The van der Waals surface area contributed by atoms with Crippen LogP contribution in [0.5, 0.6) is 0 Å². The summed E-state index contributed by atoms with van der Waals surface area (Å²) in [5.41, 5.74) is 0.608. The summed E-state index contributed by atoms with van der Waals surface area (Å²) in [6.45, 7) is 5.22. The van der Waals surface area contributed by atoms with Crippen LogP contribution in [0.3, 0.4) is 0 Å². The topological polar surface area (TPSA) is 67.4 Å². The van der Waals surface area contributed by atoms with Crippen LogP contribution in [0.1, 0.15) is 26.3 Å². The summed E-state index contributed by atoms with van der Waals surface area (Å²) in [6.07, 6.45) is -0.502. The molecule has 0 aromatic heterocycles. The number of rotatable bonds is 5. The molecule has 2 N–H and O–H groups in total. The van der Waals surface area contributed by atoms with E-state index >= 15 is 0 Å². The van der Waals surface area contributed by atoms with Crippen LogP contribution in [-0.4, -0.2) is 23.6 Å². The van der Waals surface area contributed by atoms with Gasteiger partial charge < -0.3 is 15.4 Å². The molecule has 5 nitrogen and oxygen atoms in total. The number of alkyl carbamates (subject to hydrolysis) is 1. The molecular weight excluding hydrogens is 415 g/mol. The summed E-state index contributed by atoms with van der Waals surface area (Å²) >= 11 is 3.35. The second kappa shape index (κ2) is 8.99. The lowest BCUT2D eigenvalue weighted by molar-refractivity contribution is -0.118. The quantitative estimate of drug-likeness (QED) is 0.715. The van der Waals surface area contributed by atoms with Crippen molar-refractivity contribution in [3.63, 3.8) is 0 Å². The fourth-order valence-corrected chi connectivity index (χ4v) is 2.71. The van der Waals surface area contributed by atoms with Crippen molar-refractivity contribution >= 4 is 33.6 Å². The maximum atomic E-state index is 13.1. The third-order valence-corrected chi connectivity index (χ3v) is 3.95. The van der Waals surface area contributed by atoms with Gasteiger partial charge in [-0.25, -0.2) is 9.18 Å². The summed E-state index contributed by atoms with van der Waals surface area (Å²) in [5, 5.41) is 5.36. The molecule has 0 fully saturated rings. The van der Waals surface area contributed by atoms with Gasteiger partial charge in [-0.05, 0) is 56.7 Å². The number of hydrogen-bond donors (Lipinski definition) is 2. The predicted molar refractivity (Wildman–Crippen MR) is 106 cm³/mol. The number of carbonyl (C=O) groups is 2. The van der Waals surface area contributed by atoms with Crippen LogP contribution in [0.4, 0.5) is 14.9 Å². The van der Waals surface area contributed by atoms with Gasteiger partial charge in [-0.1, -0.05) is 34.1 Å². The molecule has 0 heterocycles. The highest BCUT2D eigenvalue weighted by Gasteiger charge is 2.25. The lowest BCUT2D eigenvalue weighted by Crippen LogP contribution is -2.47. The Labute approximate surface area is 166 Å². The molecule has 2 amide bonds. The third kappa shape index (κ3) is 7.38. The lowest BCUT2D eigenvalue weighted by Gasteiger charge is -2.23. The van der Waals surface area contributed by atoms with Crippen molar-refractivity contribution in [1.29, 1.82) is 0 Å². The molecule has 1 atom stereocenters. The van der Waals surface area contributed by atoms with E-state index in [1.807, 2.05) is 6.07 Å². The first-order valence-corrected chi connectivity index (χ1v) is 9.22. The van der Waals surface area contributed by atoms with E-state index in [1.54, 1.807) is 51.1 Å². The summed E-state index contributed by atoms with van der Waals surface area (Å²) in [6, 6.07) is 12.0. The van der Waals surface area contributed by atoms with E-state index in [0.717, 1.165) is 4.47 Å². The number of halogens is 2. The van der Waals surface area contributed by atoms with Gasteiger partial charge in [0.25, 0.3) is 0 Å². The fourth-order valence-electron chi connectivity index (χ4n) is 2.31. The Kier molecular flexibility index (Phi) is 6.96. The van der Waals surface area contributed by atoms with Gasteiger partial charge in [0, 0.05) is 16.6 Å². The van der Waals surface area contributed by atoms with Crippen molar-refractivity contribution in [2.24, 2.45) is 0 Å². The summed E-state index contributed by atoms with van der Waals surface area (Å²) < 4.78 is 19.2. The van der Waals surface area contributed by atoms with Crippen molar-refractivity contribution in [3.05, 3.63) is 64.4 Å². The number of ether oxygens (including phenoxy) is 1. The SMILES string of the molecule is CC(C)(C)OC(=O)N[C@@H](Cc1ccc(F)cc1)C(=O)Nc1cccc(Br)c1. The highest BCUT2D eigenvalue weighted by molar-refractivity contribution is 9.10. The van der Waals surface area contributed by atoms with Crippen LogP contribution >= 0.6 is 15.9 Å². The first-order chi connectivity index (χ1) is 12.6. The Morgan fingerprint density at radius 1 is 1.15 bits per heavy atom. The highest BCUT2D eigenvalue weighted by atomic mass is 79.9. The van der Waals surface area contributed by atoms with Crippen molar-refractivity contribution in [1.82, 2.24) is 5.32 Å². The van der Waals surface area contributed by atoms with Gasteiger partial charge in [0.15, 0.2) is 0 Å². The molecule has 7 heteroatoms. The minimum Gasteiger partial charge on any atom is -0.444 e. The smallest absolute Gasteiger partial charge is 0.408 e. The maximum Gasteiger partial charge on any atom is 0.408 e. The maximum absolute atomic E-state index is 13.1. The minimum absolute atomic E-state index is 0.194. The molecule has 144 valence electrons. The largest absolute Gasteiger partial charge is 0.444 e. The first-order valence-electron chi connectivity index (χ1n) is 8.43.